The van der Waals surface area contributed by atoms with Crippen molar-refractivity contribution in [1.82, 2.24) is 0 Å². The highest BCUT2D eigenvalue weighted by Gasteiger charge is 2.22. The van der Waals surface area contributed by atoms with Gasteiger partial charge in [0, 0.05) is 6.42 Å². The molecule has 0 saturated carbocycles. The van der Waals surface area contributed by atoms with E-state index in [0.29, 0.717) is 11.1 Å². The molecule has 0 aliphatic rings. The van der Waals surface area contributed by atoms with Crippen LogP contribution >= 0.6 is 0 Å². The number of phenols is 2. The number of phenolic OH excluding ortho intramolecular Hbond substituents is 2. The van der Waals surface area contributed by atoms with E-state index in [4.69, 9.17) is 9.47 Å². The van der Waals surface area contributed by atoms with Crippen LogP contribution in [-0.2, 0) is 20.7 Å². The average molecular weight is 360 g/mol. The van der Waals surface area contributed by atoms with Gasteiger partial charge >= 0.3 is 11.9 Å². The lowest BCUT2D eigenvalue weighted by molar-refractivity contribution is -0.408. The molecular weight excluding hydrogens is 338 g/mol. The van der Waals surface area contributed by atoms with Gasteiger partial charge in [0.05, 0.1) is 5.56 Å². The number of aromatic hydroxyl groups is 2. The maximum Gasteiger partial charge on any atom is 0.365 e. The standard InChI is InChI=1S/C19H21NO6/c1-12(26-18(23)14-5-3-2-4-6-14)11-25-19(24)15(20)9-13-7-8-16(21)17(22)10-13/h2-8,10,12,15,21-22H,9,11,20H2,1H3/p+1. The third-order valence-electron chi connectivity index (χ3n) is 3.63. The molecule has 5 N–H and O–H groups in total. The highest BCUT2D eigenvalue weighted by molar-refractivity contribution is 5.89. The Morgan fingerprint density at radius 1 is 1.08 bits per heavy atom. The minimum absolute atomic E-state index is 0.0791. The van der Waals surface area contributed by atoms with Gasteiger partial charge in [0.1, 0.15) is 12.7 Å². The first kappa shape index (κ1) is 19.3. The van der Waals surface area contributed by atoms with Crippen molar-refractivity contribution in [3.8, 4) is 11.5 Å². The number of hydrogen-bond donors (Lipinski definition) is 3. The van der Waals surface area contributed by atoms with Crippen LogP contribution in [0.25, 0.3) is 0 Å². The quantitative estimate of drug-likeness (QED) is 0.501. The molecule has 0 aliphatic carbocycles. The Hall–Kier alpha value is -3.06. The van der Waals surface area contributed by atoms with E-state index in [1.165, 1.54) is 12.1 Å². The number of ether oxygens (including phenoxy) is 2. The first-order valence-electron chi connectivity index (χ1n) is 8.13. The van der Waals surface area contributed by atoms with Crippen LogP contribution in [0, 0.1) is 0 Å². The summed E-state index contributed by atoms with van der Waals surface area (Å²) in [6.07, 6.45) is -0.359. The molecule has 0 spiro atoms. The fourth-order valence-corrected chi connectivity index (χ4v) is 2.24. The van der Waals surface area contributed by atoms with E-state index in [0.717, 1.165) is 0 Å². The summed E-state index contributed by atoms with van der Waals surface area (Å²) in [6, 6.07) is 12.1. The smallest absolute Gasteiger partial charge is 0.365 e. The SMILES string of the molecule is CC(COC(=O)C([NH3+])Cc1ccc(O)c(O)c1)OC(=O)c1ccccc1. The maximum absolute atomic E-state index is 12.0. The van der Waals surface area contributed by atoms with E-state index in [-0.39, 0.29) is 24.5 Å². The van der Waals surface area contributed by atoms with Crippen molar-refractivity contribution in [1.29, 1.82) is 0 Å². The molecule has 26 heavy (non-hydrogen) atoms. The van der Waals surface area contributed by atoms with Gasteiger partial charge < -0.3 is 25.4 Å². The molecule has 2 aromatic rings. The molecule has 138 valence electrons. The molecule has 0 radical (unpaired) electrons. The number of rotatable bonds is 7. The maximum atomic E-state index is 12.0. The van der Waals surface area contributed by atoms with Crippen molar-refractivity contribution in [3.05, 3.63) is 59.7 Å². The van der Waals surface area contributed by atoms with Crippen LogP contribution in [0.4, 0.5) is 0 Å². The molecule has 2 atom stereocenters. The molecule has 0 bridgehead atoms. The lowest BCUT2D eigenvalue weighted by Gasteiger charge is -2.15. The van der Waals surface area contributed by atoms with Gasteiger partial charge in [-0.05, 0) is 36.8 Å². The van der Waals surface area contributed by atoms with Gasteiger partial charge in [0.25, 0.3) is 0 Å². The lowest BCUT2D eigenvalue weighted by Crippen LogP contribution is -2.66. The summed E-state index contributed by atoms with van der Waals surface area (Å²) in [5.74, 6) is -1.52. The Bertz CT molecular complexity index is 762. The van der Waals surface area contributed by atoms with Crippen molar-refractivity contribution in [2.75, 3.05) is 6.61 Å². The monoisotopic (exact) mass is 360 g/mol. The molecule has 2 rings (SSSR count). The van der Waals surface area contributed by atoms with Crippen LogP contribution in [0.1, 0.15) is 22.8 Å². The Kier molecular flexibility index (Phi) is 6.57. The topological polar surface area (TPSA) is 121 Å². The van der Waals surface area contributed by atoms with Gasteiger partial charge in [-0.2, -0.15) is 0 Å². The summed E-state index contributed by atoms with van der Waals surface area (Å²) in [6.45, 7) is 1.55. The van der Waals surface area contributed by atoms with Gasteiger partial charge in [-0.1, -0.05) is 24.3 Å². The third-order valence-corrected chi connectivity index (χ3v) is 3.63. The molecule has 0 amide bonds. The molecule has 0 heterocycles. The zero-order valence-corrected chi connectivity index (χ0v) is 14.4. The highest BCUT2D eigenvalue weighted by atomic mass is 16.6. The van der Waals surface area contributed by atoms with E-state index in [1.807, 2.05) is 0 Å². The second-order valence-corrected chi connectivity index (χ2v) is 5.94. The zero-order valence-electron chi connectivity index (χ0n) is 14.4. The highest BCUT2D eigenvalue weighted by Crippen LogP contribution is 2.25. The molecule has 0 fully saturated rings. The average Bonchev–Trinajstić information content (AvgIpc) is 2.63. The number of benzene rings is 2. The number of carbonyl (C=O) groups excluding carboxylic acids is 2. The summed E-state index contributed by atoms with van der Waals surface area (Å²) in [7, 11) is 0. The molecule has 2 aromatic carbocycles. The normalized spacial score (nSPS) is 12.8. The van der Waals surface area contributed by atoms with Gasteiger partial charge in [-0.15, -0.1) is 0 Å². The van der Waals surface area contributed by atoms with E-state index < -0.39 is 24.1 Å². The molecule has 0 aromatic heterocycles. The first-order chi connectivity index (χ1) is 12.4. The molecular formula is C19H22NO6+. The van der Waals surface area contributed by atoms with Crippen LogP contribution in [0.5, 0.6) is 11.5 Å². The van der Waals surface area contributed by atoms with Crippen molar-refractivity contribution < 1.29 is 35.0 Å². The number of esters is 2. The molecule has 0 saturated heterocycles. The Morgan fingerprint density at radius 2 is 1.77 bits per heavy atom. The first-order valence-corrected chi connectivity index (χ1v) is 8.13. The van der Waals surface area contributed by atoms with Gasteiger partial charge in [0.15, 0.2) is 17.5 Å². The second-order valence-electron chi connectivity index (χ2n) is 5.94. The van der Waals surface area contributed by atoms with E-state index in [9.17, 15) is 19.8 Å². The fourth-order valence-electron chi connectivity index (χ4n) is 2.24. The van der Waals surface area contributed by atoms with E-state index >= 15 is 0 Å². The summed E-state index contributed by atoms with van der Waals surface area (Å²) in [5.41, 5.74) is 4.81. The van der Waals surface area contributed by atoms with Gasteiger partial charge in [-0.3, -0.25) is 0 Å². The van der Waals surface area contributed by atoms with Crippen LogP contribution in [0.3, 0.4) is 0 Å². The molecule has 0 aliphatic heterocycles. The second kappa shape index (κ2) is 8.87. The van der Waals surface area contributed by atoms with Crippen molar-refractivity contribution in [2.45, 2.75) is 25.5 Å². The van der Waals surface area contributed by atoms with Crippen LogP contribution in [-0.4, -0.2) is 40.9 Å². The predicted octanol–water partition coefficient (Wildman–Crippen LogP) is 1.04. The number of hydrogen-bond acceptors (Lipinski definition) is 6. The van der Waals surface area contributed by atoms with Gasteiger partial charge in [-0.25, -0.2) is 9.59 Å². The van der Waals surface area contributed by atoms with Crippen LogP contribution in [0.2, 0.25) is 0 Å². The van der Waals surface area contributed by atoms with Crippen molar-refractivity contribution in [2.24, 2.45) is 0 Å². The number of quaternary nitrogens is 1. The van der Waals surface area contributed by atoms with Crippen LogP contribution < -0.4 is 5.73 Å². The zero-order chi connectivity index (χ0) is 19.1. The molecule has 2 unspecified atom stereocenters. The van der Waals surface area contributed by atoms with Crippen molar-refractivity contribution >= 4 is 11.9 Å². The summed E-state index contributed by atoms with van der Waals surface area (Å²) < 4.78 is 10.4. The predicted molar refractivity (Wildman–Crippen MR) is 92.4 cm³/mol. The number of carbonyl (C=O) groups is 2. The minimum atomic E-state index is -0.698. The minimum Gasteiger partial charge on any atom is -0.504 e. The van der Waals surface area contributed by atoms with Gasteiger partial charge in [0.2, 0.25) is 0 Å². The molecule has 7 heteroatoms. The van der Waals surface area contributed by atoms with Crippen molar-refractivity contribution in [3.63, 3.8) is 0 Å². The summed E-state index contributed by atoms with van der Waals surface area (Å²) in [4.78, 5) is 23.9. The Balaban J connectivity index is 1.79. The molecule has 7 nitrogen and oxygen atoms in total. The lowest BCUT2D eigenvalue weighted by atomic mass is 10.1. The van der Waals surface area contributed by atoms with Crippen LogP contribution in [0.15, 0.2) is 48.5 Å². The summed E-state index contributed by atoms with van der Waals surface area (Å²) >= 11 is 0. The summed E-state index contributed by atoms with van der Waals surface area (Å²) in [5, 5.41) is 18.8. The Labute approximate surface area is 151 Å². The van der Waals surface area contributed by atoms with E-state index in [1.54, 1.807) is 43.3 Å². The largest absolute Gasteiger partial charge is 0.504 e. The van der Waals surface area contributed by atoms with E-state index in [2.05, 4.69) is 5.73 Å². The fraction of sp³-hybridized carbons (Fsp3) is 0.263. The Morgan fingerprint density at radius 3 is 2.42 bits per heavy atom. The third kappa shape index (κ3) is 5.49.